The van der Waals surface area contributed by atoms with Gasteiger partial charge in [0.15, 0.2) is 0 Å². The summed E-state index contributed by atoms with van der Waals surface area (Å²) in [5, 5.41) is 2.97. The SMILES string of the molecule is C[C@@]1(C(=O)NCc2ccccc2)CCCN(S(=O)(=O)c2cccc3nsnc23)C1. The van der Waals surface area contributed by atoms with E-state index in [4.69, 9.17) is 0 Å². The fourth-order valence-corrected chi connectivity index (χ4v) is 6.06. The van der Waals surface area contributed by atoms with Crippen LogP contribution in [0.15, 0.2) is 53.4 Å². The molecule has 29 heavy (non-hydrogen) atoms. The van der Waals surface area contributed by atoms with E-state index in [1.165, 1.54) is 4.31 Å². The molecular weight excluding hydrogens is 408 g/mol. The molecule has 0 aliphatic carbocycles. The molecule has 0 unspecified atom stereocenters. The van der Waals surface area contributed by atoms with Gasteiger partial charge >= 0.3 is 0 Å². The minimum Gasteiger partial charge on any atom is -0.352 e. The van der Waals surface area contributed by atoms with Gasteiger partial charge in [-0.3, -0.25) is 4.79 Å². The van der Waals surface area contributed by atoms with Crippen LogP contribution in [0.2, 0.25) is 0 Å². The summed E-state index contributed by atoms with van der Waals surface area (Å²) in [6, 6.07) is 14.6. The molecule has 1 saturated heterocycles. The van der Waals surface area contributed by atoms with Gasteiger partial charge in [0.25, 0.3) is 0 Å². The smallest absolute Gasteiger partial charge is 0.245 e. The van der Waals surface area contributed by atoms with Gasteiger partial charge in [-0.05, 0) is 37.5 Å². The fourth-order valence-electron chi connectivity index (χ4n) is 3.70. The van der Waals surface area contributed by atoms with E-state index in [9.17, 15) is 13.2 Å². The number of benzene rings is 2. The minimum atomic E-state index is -3.77. The molecule has 1 N–H and O–H groups in total. The molecule has 0 saturated carbocycles. The molecule has 2 aromatic carbocycles. The number of hydrogen-bond donors (Lipinski definition) is 1. The molecule has 4 rings (SSSR count). The number of fused-ring (bicyclic) bond motifs is 1. The summed E-state index contributed by atoms with van der Waals surface area (Å²) in [4.78, 5) is 13.1. The number of nitrogens with one attached hydrogen (secondary N) is 1. The second kappa shape index (κ2) is 7.81. The lowest BCUT2D eigenvalue weighted by Crippen LogP contribution is -2.51. The highest BCUT2D eigenvalue weighted by atomic mass is 32.2. The van der Waals surface area contributed by atoms with Gasteiger partial charge in [-0.1, -0.05) is 36.4 Å². The standard InChI is InChI=1S/C20H22N4O3S2/c1-20(19(25)21-13-15-7-3-2-4-8-15)11-6-12-24(14-20)29(26,27)17-10-5-9-16-18(17)23-28-22-16/h2-5,7-10H,6,11-14H2,1H3,(H,21,25)/t20-/m1/s1. The summed E-state index contributed by atoms with van der Waals surface area (Å²) in [5.41, 5.74) is 1.18. The van der Waals surface area contributed by atoms with E-state index in [1.54, 1.807) is 18.2 Å². The minimum absolute atomic E-state index is 0.130. The van der Waals surface area contributed by atoms with Gasteiger partial charge in [0.05, 0.1) is 17.1 Å². The molecule has 1 aliphatic heterocycles. The molecule has 9 heteroatoms. The third-order valence-electron chi connectivity index (χ3n) is 5.37. The Morgan fingerprint density at radius 1 is 1.17 bits per heavy atom. The summed E-state index contributed by atoms with van der Waals surface area (Å²) in [6.45, 7) is 2.79. The van der Waals surface area contributed by atoms with Crippen molar-refractivity contribution in [3.05, 3.63) is 54.1 Å². The molecule has 152 valence electrons. The summed E-state index contributed by atoms with van der Waals surface area (Å²) < 4.78 is 36.3. The van der Waals surface area contributed by atoms with Crippen LogP contribution in [-0.2, 0) is 21.4 Å². The molecule has 3 aromatic rings. The summed E-state index contributed by atoms with van der Waals surface area (Å²) >= 11 is 0.992. The van der Waals surface area contributed by atoms with Gasteiger partial charge in [0.2, 0.25) is 15.9 Å². The van der Waals surface area contributed by atoms with Gasteiger partial charge in [-0.25, -0.2) is 8.42 Å². The van der Waals surface area contributed by atoms with Crippen molar-refractivity contribution in [3.8, 4) is 0 Å². The van der Waals surface area contributed by atoms with Crippen LogP contribution in [0.3, 0.4) is 0 Å². The van der Waals surface area contributed by atoms with Crippen LogP contribution in [-0.4, -0.2) is 40.5 Å². The third-order valence-corrected chi connectivity index (χ3v) is 7.79. The van der Waals surface area contributed by atoms with Crippen LogP contribution in [0.25, 0.3) is 11.0 Å². The Labute approximate surface area is 174 Å². The van der Waals surface area contributed by atoms with E-state index in [2.05, 4.69) is 14.1 Å². The van der Waals surface area contributed by atoms with Crippen LogP contribution >= 0.6 is 11.7 Å². The number of rotatable bonds is 5. The number of carbonyl (C=O) groups excluding carboxylic acids is 1. The molecule has 7 nitrogen and oxygen atoms in total. The summed E-state index contributed by atoms with van der Waals surface area (Å²) in [7, 11) is -3.77. The lowest BCUT2D eigenvalue weighted by molar-refractivity contribution is -0.132. The second-order valence-corrected chi connectivity index (χ2v) is 9.99. The Kier molecular flexibility index (Phi) is 5.37. The number of sulfonamides is 1. The molecule has 1 amide bonds. The number of piperidine rings is 1. The van der Waals surface area contributed by atoms with Crippen molar-refractivity contribution in [2.24, 2.45) is 5.41 Å². The lowest BCUT2D eigenvalue weighted by Gasteiger charge is -2.38. The highest BCUT2D eigenvalue weighted by Gasteiger charge is 2.42. The van der Waals surface area contributed by atoms with Gasteiger partial charge in [0.1, 0.15) is 15.9 Å². The van der Waals surface area contributed by atoms with Crippen molar-refractivity contribution in [2.75, 3.05) is 13.1 Å². The van der Waals surface area contributed by atoms with E-state index in [-0.39, 0.29) is 17.3 Å². The zero-order valence-corrected chi connectivity index (χ0v) is 17.7. The zero-order valence-electron chi connectivity index (χ0n) is 16.0. The predicted molar refractivity (Wildman–Crippen MR) is 112 cm³/mol. The monoisotopic (exact) mass is 430 g/mol. The second-order valence-electron chi connectivity index (χ2n) is 7.56. The Balaban J connectivity index is 1.54. The molecule has 0 radical (unpaired) electrons. The summed E-state index contributed by atoms with van der Waals surface area (Å²) in [6.07, 6.45) is 1.27. The average molecular weight is 431 g/mol. The Morgan fingerprint density at radius 3 is 2.76 bits per heavy atom. The number of hydrogen-bond acceptors (Lipinski definition) is 6. The number of aromatic nitrogens is 2. The van der Waals surface area contributed by atoms with Crippen LogP contribution in [0, 0.1) is 5.41 Å². The molecule has 1 fully saturated rings. The topological polar surface area (TPSA) is 92.3 Å². The highest BCUT2D eigenvalue weighted by molar-refractivity contribution is 7.89. The van der Waals surface area contributed by atoms with Crippen LogP contribution in [0.4, 0.5) is 0 Å². The van der Waals surface area contributed by atoms with E-state index < -0.39 is 15.4 Å². The Bertz CT molecular complexity index is 1130. The largest absolute Gasteiger partial charge is 0.352 e. The molecular formula is C20H22N4O3S2. The normalized spacial score (nSPS) is 20.6. The number of carbonyl (C=O) groups is 1. The van der Waals surface area contributed by atoms with Crippen LogP contribution in [0.5, 0.6) is 0 Å². The van der Waals surface area contributed by atoms with Gasteiger partial charge in [0, 0.05) is 19.6 Å². The quantitative estimate of drug-likeness (QED) is 0.672. The number of nitrogens with zero attached hydrogens (tertiary/aromatic N) is 3. The first kappa shape index (κ1) is 19.9. The van der Waals surface area contributed by atoms with E-state index in [0.29, 0.717) is 37.0 Å². The van der Waals surface area contributed by atoms with Crippen molar-refractivity contribution in [1.82, 2.24) is 18.4 Å². The predicted octanol–water partition coefficient (Wildman–Crippen LogP) is 2.80. The number of amides is 1. The molecule has 1 aromatic heterocycles. The maximum atomic E-state index is 13.3. The molecule has 1 aliphatic rings. The van der Waals surface area contributed by atoms with Crippen molar-refractivity contribution >= 4 is 38.7 Å². The molecule has 2 heterocycles. The van der Waals surface area contributed by atoms with Crippen LogP contribution in [0.1, 0.15) is 25.3 Å². The van der Waals surface area contributed by atoms with E-state index in [0.717, 1.165) is 17.3 Å². The Hall–Kier alpha value is -2.36. The summed E-state index contributed by atoms with van der Waals surface area (Å²) in [5.74, 6) is -0.130. The fraction of sp³-hybridized carbons (Fsp3) is 0.350. The van der Waals surface area contributed by atoms with E-state index in [1.807, 2.05) is 37.3 Å². The Morgan fingerprint density at radius 2 is 1.97 bits per heavy atom. The van der Waals surface area contributed by atoms with Crippen molar-refractivity contribution < 1.29 is 13.2 Å². The first-order chi connectivity index (χ1) is 13.9. The molecule has 0 bridgehead atoms. The average Bonchev–Trinajstić information content (AvgIpc) is 3.21. The van der Waals surface area contributed by atoms with Crippen molar-refractivity contribution in [2.45, 2.75) is 31.2 Å². The maximum Gasteiger partial charge on any atom is 0.245 e. The highest BCUT2D eigenvalue weighted by Crippen LogP contribution is 2.34. The van der Waals surface area contributed by atoms with Crippen molar-refractivity contribution in [3.63, 3.8) is 0 Å². The lowest BCUT2D eigenvalue weighted by atomic mass is 9.82. The van der Waals surface area contributed by atoms with Gasteiger partial charge in [-0.15, -0.1) is 0 Å². The van der Waals surface area contributed by atoms with E-state index >= 15 is 0 Å². The first-order valence-electron chi connectivity index (χ1n) is 9.44. The van der Waals surface area contributed by atoms with Crippen molar-refractivity contribution in [1.29, 1.82) is 0 Å². The van der Waals surface area contributed by atoms with Crippen LogP contribution < -0.4 is 5.32 Å². The van der Waals surface area contributed by atoms with Gasteiger partial charge < -0.3 is 5.32 Å². The zero-order chi connectivity index (χ0) is 20.5. The molecule has 1 atom stereocenters. The third kappa shape index (κ3) is 3.90. The maximum absolute atomic E-state index is 13.3. The first-order valence-corrected chi connectivity index (χ1v) is 11.6. The molecule has 0 spiro atoms. The van der Waals surface area contributed by atoms with Gasteiger partial charge in [-0.2, -0.15) is 13.1 Å².